The maximum absolute atomic E-state index is 11.8. The molecule has 1 aromatic carbocycles. The Morgan fingerprint density at radius 3 is 2.31 bits per heavy atom. The summed E-state index contributed by atoms with van der Waals surface area (Å²) in [5, 5.41) is 0. The molecule has 0 radical (unpaired) electrons. The first-order chi connectivity index (χ1) is 7.56. The van der Waals surface area contributed by atoms with Crippen molar-refractivity contribution in [2.45, 2.75) is 26.7 Å². The summed E-state index contributed by atoms with van der Waals surface area (Å²) in [4.78, 5) is 11.8. The fourth-order valence-electron chi connectivity index (χ4n) is 1.70. The topological polar surface area (TPSA) is 26.3 Å². The van der Waals surface area contributed by atoms with Crippen molar-refractivity contribution >= 4 is 21.9 Å². The molecule has 3 heteroatoms. The first-order valence-corrected chi connectivity index (χ1v) is 6.27. The third-order valence-corrected chi connectivity index (χ3v) is 2.96. The summed E-state index contributed by atoms with van der Waals surface area (Å²) in [6, 6.07) is 7.82. The Labute approximate surface area is 105 Å². The van der Waals surface area contributed by atoms with E-state index in [1.807, 2.05) is 45.0 Å². The van der Waals surface area contributed by atoms with E-state index in [-0.39, 0.29) is 17.8 Å². The van der Waals surface area contributed by atoms with Gasteiger partial charge >= 0.3 is 5.97 Å². The normalized spacial score (nSPS) is 12.6. The van der Waals surface area contributed by atoms with Gasteiger partial charge in [-0.25, -0.2) is 0 Å². The Balaban J connectivity index is 2.93. The Kier molecular flexibility index (Phi) is 5.00. The quantitative estimate of drug-likeness (QED) is 0.787. The molecule has 0 aliphatic carbocycles. The number of halogens is 1. The second-order valence-corrected chi connectivity index (χ2v) is 4.94. The lowest BCUT2D eigenvalue weighted by Gasteiger charge is -2.19. The van der Waals surface area contributed by atoms with Crippen molar-refractivity contribution in [2.24, 2.45) is 5.92 Å². The molecule has 0 saturated heterocycles. The molecule has 0 heterocycles. The minimum Gasteiger partial charge on any atom is -0.466 e. The Morgan fingerprint density at radius 1 is 1.31 bits per heavy atom. The number of esters is 1. The van der Waals surface area contributed by atoms with Crippen molar-refractivity contribution in [3.63, 3.8) is 0 Å². The minimum absolute atomic E-state index is 0.139. The second-order valence-electron chi connectivity index (χ2n) is 4.03. The molecule has 0 spiro atoms. The number of hydrogen-bond acceptors (Lipinski definition) is 2. The summed E-state index contributed by atoms with van der Waals surface area (Å²) < 4.78 is 6.12. The number of carbonyl (C=O) groups excluding carboxylic acids is 1. The fraction of sp³-hybridized carbons (Fsp3) is 0.462. The molecule has 0 aliphatic rings. The number of carbonyl (C=O) groups is 1. The van der Waals surface area contributed by atoms with Crippen molar-refractivity contribution < 1.29 is 9.53 Å². The third kappa shape index (κ3) is 3.34. The van der Waals surface area contributed by atoms with Gasteiger partial charge in [0.25, 0.3) is 0 Å². The van der Waals surface area contributed by atoms with Crippen LogP contribution in [0.1, 0.15) is 32.3 Å². The minimum atomic E-state index is -0.173. The lowest BCUT2D eigenvalue weighted by molar-refractivity contribution is -0.146. The molecule has 1 rings (SSSR count). The third-order valence-electron chi connectivity index (χ3n) is 2.44. The summed E-state index contributed by atoms with van der Waals surface area (Å²) in [5.41, 5.74) is 1.01. The summed E-state index contributed by atoms with van der Waals surface area (Å²) in [5.74, 6) is -0.0758. The zero-order valence-electron chi connectivity index (χ0n) is 9.87. The SMILES string of the molecule is CCOC(=O)C(c1ccc(Br)cc1)C(C)C. The van der Waals surface area contributed by atoms with Gasteiger partial charge < -0.3 is 4.74 Å². The van der Waals surface area contributed by atoms with Crippen LogP contribution in [0.4, 0.5) is 0 Å². The van der Waals surface area contributed by atoms with Gasteiger partial charge in [-0.3, -0.25) is 4.79 Å². The van der Waals surface area contributed by atoms with E-state index in [1.54, 1.807) is 0 Å². The second kappa shape index (κ2) is 6.04. The molecule has 1 atom stereocenters. The molecule has 0 saturated carbocycles. The van der Waals surface area contributed by atoms with Crippen LogP contribution < -0.4 is 0 Å². The molecule has 0 aliphatic heterocycles. The van der Waals surface area contributed by atoms with Gasteiger partial charge in [-0.2, -0.15) is 0 Å². The first-order valence-electron chi connectivity index (χ1n) is 5.48. The molecule has 0 amide bonds. The molecule has 0 bridgehead atoms. The standard InChI is InChI=1S/C13H17BrO2/c1-4-16-13(15)12(9(2)3)10-5-7-11(14)8-6-10/h5-9,12H,4H2,1-3H3. The molecular weight excluding hydrogens is 268 g/mol. The van der Waals surface area contributed by atoms with E-state index in [1.165, 1.54) is 0 Å². The Morgan fingerprint density at radius 2 is 1.88 bits per heavy atom. The highest BCUT2D eigenvalue weighted by Crippen LogP contribution is 2.27. The summed E-state index contributed by atoms with van der Waals surface area (Å²) >= 11 is 3.38. The fourth-order valence-corrected chi connectivity index (χ4v) is 1.96. The van der Waals surface area contributed by atoms with Crippen molar-refractivity contribution in [1.82, 2.24) is 0 Å². The maximum atomic E-state index is 11.8. The monoisotopic (exact) mass is 284 g/mol. The number of rotatable bonds is 4. The predicted octanol–water partition coefficient (Wildman–Crippen LogP) is 3.75. The average Bonchev–Trinajstić information content (AvgIpc) is 2.21. The van der Waals surface area contributed by atoms with Crippen LogP contribution in [0.25, 0.3) is 0 Å². The van der Waals surface area contributed by atoms with Crippen molar-refractivity contribution in [2.75, 3.05) is 6.61 Å². The number of hydrogen-bond donors (Lipinski definition) is 0. The highest BCUT2D eigenvalue weighted by atomic mass is 79.9. The van der Waals surface area contributed by atoms with Gasteiger partial charge in [0.2, 0.25) is 0 Å². The van der Waals surface area contributed by atoms with Crippen LogP contribution >= 0.6 is 15.9 Å². The van der Waals surface area contributed by atoms with Gasteiger partial charge in [-0.15, -0.1) is 0 Å². The molecule has 0 N–H and O–H groups in total. The molecular formula is C13H17BrO2. The number of benzene rings is 1. The van der Waals surface area contributed by atoms with E-state index in [0.717, 1.165) is 10.0 Å². The predicted molar refractivity (Wildman–Crippen MR) is 68.4 cm³/mol. The van der Waals surface area contributed by atoms with Gasteiger partial charge in [0, 0.05) is 4.47 Å². The van der Waals surface area contributed by atoms with Crippen LogP contribution in [0.3, 0.4) is 0 Å². The van der Waals surface area contributed by atoms with Crippen LogP contribution in [-0.4, -0.2) is 12.6 Å². The van der Waals surface area contributed by atoms with Gasteiger partial charge in [0.15, 0.2) is 0 Å². The molecule has 1 unspecified atom stereocenters. The zero-order chi connectivity index (χ0) is 12.1. The highest BCUT2D eigenvalue weighted by Gasteiger charge is 2.25. The smallest absolute Gasteiger partial charge is 0.313 e. The van der Waals surface area contributed by atoms with E-state index in [4.69, 9.17) is 4.74 Å². The van der Waals surface area contributed by atoms with Crippen molar-refractivity contribution in [3.05, 3.63) is 34.3 Å². The largest absolute Gasteiger partial charge is 0.466 e. The van der Waals surface area contributed by atoms with Crippen LogP contribution in [0, 0.1) is 5.92 Å². The lowest BCUT2D eigenvalue weighted by atomic mass is 9.88. The van der Waals surface area contributed by atoms with Crippen LogP contribution in [0.5, 0.6) is 0 Å². The van der Waals surface area contributed by atoms with E-state index in [0.29, 0.717) is 6.61 Å². The lowest BCUT2D eigenvalue weighted by Crippen LogP contribution is -2.20. The Bertz CT molecular complexity index is 343. The van der Waals surface area contributed by atoms with Crippen molar-refractivity contribution in [3.8, 4) is 0 Å². The Hall–Kier alpha value is -0.830. The summed E-state index contributed by atoms with van der Waals surface area (Å²) in [6.45, 7) is 6.32. The molecule has 1 aromatic rings. The molecule has 0 aromatic heterocycles. The van der Waals surface area contributed by atoms with E-state index in [9.17, 15) is 4.79 Å². The van der Waals surface area contributed by atoms with E-state index in [2.05, 4.69) is 15.9 Å². The molecule has 0 fully saturated rings. The van der Waals surface area contributed by atoms with Gasteiger partial charge in [-0.1, -0.05) is 41.9 Å². The molecule has 2 nitrogen and oxygen atoms in total. The van der Waals surface area contributed by atoms with E-state index >= 15 is 0 Å². The van der Waals surface area contributed by atoms with Gasteiger partial charge in [0.05, 0.1) is 12.5 Å². The van der Waals surface area contributed by atoms with Gasteiger partial charge in [0.1, 0.15) is 0 Å². The maximum Gasteiger partial charge on any atom is 0.313 e. The van der Waals surface area contributed by atoms with Crippen LogP contribution in [0.15, 0.2) is 28.7 Å². The first kappa shape index (κ1) is 13.2. The summed E-state index contributed by atoms with van der Waals surface area (Å²) in [6.07, 6.45) is 0. The average molecular weight is 285 g/mol. The summed E-state index contributed by atoms with van der Waals surface area (Å²) in [7, 11) is 0. The van der Waals surface area contributed by atoms with Crippen molar-refractivity contribution in [1.29, 1.82) is 0 Å². The van der Waals surface area contributed by atoms with Gasteiger partial charge in [-0.05, 0) is 30.5 Å². The number of ether oxygens (including phenoxy) is 1. The molecule has 88 valence electrons. The highest BCUT2D eigenvalue weighted by molar-refractivity contribution is 9.10. The molecule has 16 heavy (non-hydrogen) atoms. The van der Waals surface area contributed by atoms with E-state index < -0.39 is 0 Å². The van der Waals surface area contributed by atoms with Crippen LogP contribution in [-0.2, 0) is 9.53 Å². The zero-order valence-corrected chi connectivity index (χ0v) is 11.5. The van der Waals surface area contributed by atoms with Crippen LogP contribution in [0.2, 0.25) is 0 Å².